The highest BCUT2D eigenvalue weighted by Gasteiger charge is 2.34. The molecule has 1 unspecified atom stereocenters. The Morgan fingerprint density at radius 2 is 1.90 bits per heavy atom. The highest BCUT2D eigenvalue weighted by Crippen LogP contribution is 2.15. The minimum Gasteiger partial charge on any atom is -0.368 e. The summed E-state index contributed by atoms with van der Waals surface area (Å²) in [5.74, 6) is 0.0530. The zero-order valence-corrected chi connectivity index (χ0v) is 12.6. The average molecular weight is 291 g/mol. The molecule has 1 aromatic rings. The molecular formula is C14H21N5O2. The minimum absolute atomic E-state index is 0.162. The Bertz CT molecular complexity index is 529. The SMILES string of the molecule is Cc1ncc(C(=O)N2CCN(C(C)C)C(C(N)=O)C2)cn1. The van der Waals surface area contributed by atoms with Crippen LogP contribution in [0.5, 0.6) is 0 Å². The lowest BCUT2D eigenvalue weighted by atomic mass is 10.1. The van der Waals surface area contributed by atoms with Gasteiger partial charge in [0.05, 0.1) is 5.56 Å². The fraction of sp³-hybridized carbons (Fsp3) is 0.571. The van der Waals surface area contributed by atoms with Crippen LogP contribution < -0.4 is 5.73 Å². The summed E-state index contributed by atoms with van der Waals surface area (Å²) in [5.41, 5.74) is 5.91. The highest BCUT2D eigenvalue weighted by molar-refractivity contribution is 5.94. The van der Waals surface area contributed by atoms with Gasteiger partial charge in [-0.15, -0.1) is 0 Å². The zero-order valence-electron chi connectivity index (χ0n) is 12.6. The third-order valence-electron chi connectivity index (χ3n) is 3.73. The third-order valence-corrected chi connectivity index (χ3v) is 3.73. The van der Waals surface area contributed by atoms with Crippen molar-refractivity contribution in [1.82, 2.24) is 19.8 Å². The van der Waals surface area contributed by atoms with Gasteiger partial charge in [0.25, 0.3) is 5.91 Å². The predicted molar refractivity (Wildman–Crippen MR) is 77.5 cm³/mol. The molecule has 1 aliphatic heterocycles. The Morgan fingerprint density at radius 1 is 1.29 bits per heavy atom. The van der Waals surface area contributed by atoms with E-state index in [0.717, 1.165) is 0 Å². The van der Waals surface area contributed by atoms with Crippen molar-refractivity contribution in [3.05, 3.63) is 23.8 Å². The van der Waals surface area contributed by atoms with Gasteiger partial charge < -0.3 is 10.6 Å². The van der Waals surface area contributed by atoms with Crippen LogP contribution >= 0.6 is 0 Å². The van der Waals surface area contributed by atoms with Crippen LogP contribution in [-0.4, -0.2) is 63.3 Å². The molecule has 21 heavy (non-hydrogen) atoms. The van der Waals surface area contributed by atoms with Gasteiger partial charge in [-0.25, -0.2) is 9.97 Å². The van der Waals surface area contributed by atoms with Crippen molar-refractivity contribution in [3.8, 4) is 0 Å². The number of piperazine rings is 1. The quantitative estimate of drug-likeness (QED) is 0.833. The Hall–Kier alpha value is -2.02. The molecule has 2 heterocycles. The van der Waals surface area contributed by atoms with Gasteiger partial charge in [-0.2, -0.15) is 0 Å². The standard InChI is InChI=1S/C14H21N5O2/c1-9(2)19-5-4-18(8-12(19)13(15)20)14(21)11-6-16-10(3)17-7-11/h6-7,9,12H,4-5,8H2,1-3H3,(H2,15,20). The molecule has 2 N–H and O–H groups in total. The van der Waals surface area contributed by atoms with Crippen LogP contribution in [0.25, 0.3) is 0 Å². The molecular weight excluding hydrogens is 270 g/mol. The van der Waals surface area contributed by atoms with Crippen LogP contribution in [0.3, 0.4) is 0 Å². The number of rotatable bonds is 3. The number of amides is 2. The van der Waals surface area contributed by atoms with Crippen molar-refractivity contribution in [2.45, 2.75) is 32.9 Å². The number of aryl methyl sites for hydroxylation is 1. The highest BCUT2D eigenvalue weighted by atomic mass is 16.2. The van der Waals surface area contributed by atoms with Crippen LogP contribution in [0.2, 0.25) is 0 Å². The maximum atomic E-state index is 12.4. The summed E-state index contributed by atoms with van der Waals surface area (Å²) < 4.78 is 0. The molecule has 7 nitrogen and oxygen atoms in total. The molecule has 2 rings (SSSR count). The van der Waals surface area contributed by atoms with Crippen LogP contribution in [0.4, 0.5) is 0 Å². The molecule has 0 aromatic carbocycles. The normalized spacial score (nSPS) is 19.8. The van der Waals surface area contributed by atoms with E-state index in [1.54, 1.807) is 11.8 Å². The van der Waals surface area contributed by atoms with E-state index in [2.05, 4.69) is 9.97 Å². The molecule has 1 atom stereocenters. The number of aromatic nitrogens is 2. The van der Waals surface area contributed by atoms with Crippen LogP contribution in [0.15, 0.2) is 12.4 Å². The summed E-state index contributed by atoms with van der Waals surface area (Å²) in [5, 5.41) is 0. The zero-order chi connectivity index (χ0) is 15.6. The van der Waals surface area contributed by atoms with E-state index in [1.165, 1.54) is 12.4 Å². The molecule has 1 aliphatic rings. The first kappa shape index (κ1) is 15.4. The molecule has 0 spiro atoms. The number of primary amides is 1. The van der Waals surface area contributed by atoms with Crippen molar-refractivity contribution in [2.75, 3.05) is 19.6 Å². The van der Waals surface area contributed by atoms with Gasteiger partial charge in [-0.05, 0) is 20.8 Å². The smallest absolute Gasteiger partial charge is 0.257 e. The van der Waals surface area contributed by atoms with E-state index < -0.39 is 11.9 Å². The average Bonchev–Trinajstić information content (AvgIpc) is 2.46. The molecule has 1 saturated heterocycles. The monoisotopic (exact) mass is 291 g/mol. The van der Waals surface area contributed by atoms with Crippen LogP contribution in [0, 0.1) is 6.92 Å². The lowest BCUT2D eigenvalue weighted by molar-refractivity contribution is -0.126. The molecule has 0 saturated carbocycles. The Balaban J connectivity index is 2.13. The fourth-order valence-electron chi connectivity index (χ4n) is 2.54. The number of carbonyl (C=O) groups excluding carboxylic acids is 2. The predicted octanol–water partition coefficient (Wildman–Crippen LogP) is -0.195. The van der Waals surface area contributed by atoms with Gasteiger partial charge in [0.2, 0.25) is 5.91 Å². The number of hydrogen-bond acceptors (Lipinski definition) is 5. The topological polar surface area (TPSA) is 92.4 Å². The summed E-state index contributed by atoms with van der Waals surface area (Å²) in [7, 11) is 0. The maximum absolute atomic E-state index is 12.4. The first-order chi connectivity index (χ1) is 9.90. The second-order valence-corrected chi connectivity index (χ2v) is 5.52. The number of nitrogens with two attached hydrogens (primary N) is 1. The Morgan fingerprint density at radius 3 is 2.43 bits per heavy atom. The molecule has 7 heteroatoms. The van der Waals surface area contributed by atoms with Crippen LogP contribution in [-0.2, 0) is 4.79 Å². The van der Waals surface area contributed by atoms with E-state index in [1.807, 2.05) is 18.7 Å². The first-order valence-electron chi connectivity index (χ1n) is 7.03. The van der Waals surface area contributed by atoms with E-state index in [9.17, 15) is 9.59 Å². The second-order valence-electron chi connectivity index (χ2n) is 5.52. The van der Waals surface area contributed by atoms with Crippen molar-refractivity contribution < 1.29 is 9.59 Å². The molecule has 114 valence electrons. The summed E-state index contributed by atoms with van der Waals surface area (Å²) >= 11 is 0. The van der Waals surface area contributed by atoms with E-state index in [-0.39, 0.29) is 11.9 Å². The lowest BCUT2D eigenvalue weighted by Crippen LogP contribution is -2.61. The summed E-state index contributed by atoms with van der Waals surface area (Å²) in [6.07, 6.45) is 3.03. The number of nitrogens with zero attached hydrogens (tertiary/aromatic N) is 4. The van der Waals surface area contributed by atoms with E-state index in [4.69, 9.17) is 5.73 Å². The van der Waals surface area contributed by atoms with E-state index in [0.29, 0.717) is 31.0 Å². The van der Waals surface area contributed by atoms with Gasteiger partial charge >= 0.3 is 0 Å². The number of carbonyl (C=O) groups is 2. The molecule has 1 aromatic heterocycles. The minimum atomic E-state index is -0.450. The fourth-order valence-corrected chi connectivity index (χ4v) is 2.54. The van der Waals surface area contributed by atoms with Crippen molar-refractivity contribution in [2.24, 2.45) is 5.73 Å². The second kappa shape index (κ2) is 6.17. The molecule has 0 bridgehead atoms. The van der Waals surface area contributed by atoms with Crippen molar-refractivity contribution in [1.29, 1.82) is 0 Å². The van der Waals surface area contributed by atoms with E-state index >= 15 is 0 Å². The summed E-state index contributed by atoms with van der Waals surface area (Å²) in [6.45, 7) is 7.29. The van der Waals surface area contributed by atoms with Gasteiger partial charge in [-0.1, -0.05) is 0 Å². The van der Waals surface area contributed by atoms with Crippen molar-refractivity contribution in [3.63, 3.8) is 0 Å². The molecule has 0 radical (unpaired) electrons. The lowest BCUT2D eigenvalue weighted by Gasteiger charge is -2.41. The van der Waals surface area contributed by atoms with Gasteiger partial charge in [-0.3, -0.25) is 14.5 Å². The van der Waals surface area contributed by atoms with Crippen molar-refractivity contribution >= 4 is 11.8 Å². The summed E-state index contributed by atoms with van der Waals surface area (Å²) in [4.78, 5) is 35.8. The maximum Gasteiger partial charge on any atom is 0.257 e. The van der Waals surface area contributed by atoms with Gasteiger partial charge in [0.1, 0.15) is 11.9 Å². The first-order valence-corrected chi connectivity index (χ1v) is 7.03. The molecule has 1 fully saturated rings. The van der Waals surface area contributed by atoms with Gasteiger partial charge in [0.15, 0.2) is 0 Å². The third kappa shape index (κ3) is 3.36. The Kier molecular flexibility index (Phi) is 4.52. The Labute approximate surface area is 124 Å². The number of hydrogen-bond donors (Lipinski definition) is 1. The molecule has 2 amide bonds. The van der Waals surface area contributed by atoms with Gasteiger partial charge in [0, 0.05) is 38.1 Å². The molecule has 0 aliphatic carbocycles. The largest absolute Gasteiger partial charge is 0.368 e. The van der Waals surface area contributed by atoms with Crippen LogP contribution in [0.1, 0.15) is 30.0 Å². The summed E-state index contributed by atoms with van der Waals surface area (Å²) in [6, 6.07) is -0.239.